The number of hydrogen-bond donors (Lipinski definition) is 1. The van der Waals surface area contributed by atoms with Gasteiger partial charge in [0.2, 0.25) is 0 Å². The number of rotatable bonds is 6. The first-order valence-electron chi connectivity index (χ1n) is 6.29. The number of methoxy groups -OCH3 is 2. The van der Waals surface area contributed by atoms with Crippen molar-refractivity contribution in [3.8, 4) is 11.5 Å². The standard InChI is InChI=1S/C14H16N2O5S/c1-10-4-5-11(21-10)9-15-16-22(17,18)12-6-7-13(19-2)14(8-12)20-3/h4-9,16H,1-3H3/b15-9+. The summed E-state index contributed by atoms with van der Waals surface area (Å²) in [6, 6.07) is 7.70. The van der Waals surface area contributed by atoms with Crippen molar-refractivity contribution >= 4 is 16.2 Å². The number of sulfonamides is 1. The van der Waals surface area contributed by atoms with Crippen molar-refractivity contribution in [3.05, 3.63) is 41.9 Å². The lowest BCUT2D eigenvalue weighted by atomic mass is 10.3. The number of benzene rings is 1. The number of ether oxygens (including phenoxy) is 2. The topological polar surface area (TPSA) is 90.1 Å². The number of hydrogen-bond acceptors (Lipinski definition) is 6. The Labute approximate surface area is 128 Å². The van der Waals surface area contributed by atoms with E-state index in [1.165, 1.54) is 38.6 Å². The third kappa shape index (κ3) is 3.59. The van der Waals surface area contributed by atoms with Gasteiger partial charge in [-0.25, -0.2) is 0 Å². The molecule has 1 heterocycles. The van der Waals surface area contributed by atoms with E-state index in [0.717, 1.165) is 0 Å². The van der Waals surface area contributed by atoms with Gasteiger partial charge in [-0.3, -0.25) is 0 Å². The zero-order chi connectivity index (χ0) is 16.2. The van der Waals surface area contributed by atoms with Crippen molar-refractivity contribution in [1.29, 1.82) is 0 Å². The second-order valence-electron chi connectivity index (χ2n) is 4.32. The van der Waals surface area contributed by atoms with Crippen molar-refractivity contribution in [2.45, 2.75) is 11.8 Å². The minimum absolute atomic E-state index is 0.0120. The maximum Gasteiger partial charge on any atom is 0.276 e. The maximum absolute atomic E-state index is 12.1. The first kappa shape index (κ1) is 15.9. The van der Waals surface area contributed by atoms with Crippen LogP contribution >= 0.6 is 0 Å². The summed E-state index contributed by atoms with van der Waals surface area (Å²) in [5.74, 6) is 1.92. The molecule has 0 bridgehead atoms. The Morgan fingerprint density at radius 1 is 1.14 bits per heavy atom. The van der Waals surface area contributed by atoms with Crippen molar-refractivity contribution in [2.75, 3.05) is 14.2 Å². The molecular formula is C14H16N2O5S. The van der Waals surface area contributed by atoms with Gasteiger partial charge in [-0.05, 0) is 31.2 Å². The molecule has 0 unspecified atom stereocenters. The highest BCUT2D eigenvalue weighted by Gasteiger charge is 2.16. The summed E-state index contributed by atoms with van der Waals surface area (Å²) >= 11 is 0. The molecule has 1 N–H and O–H groups in total. The summed E-state index contributed by atoms with van der Waals surface area (Å²) in [4.78, 5) is 2.12. The molecule has 2 rings (SSSR count). The second kappa shape index (κ2) is 6.52. The van der Waals surface area contributed by atoms with Crippen LogP contribution in [0.3, 0.4) is 0 Å². The Bertz CT molecular complexity index is 780. The zero-order valence-corrected chi connectivity index (χ0v) is 13.2. The Morgan fingerprint density at radius 3 is 2.45 bits per heavy atom. The number of aryl methyl sites for hydroxylation is 1. The van der Waals surface area contributed by atoms with Crippen LogP contribution in [0.25, 0.3) is 0 Å². The average molecular weight is 324 g/mol. The van der Waals surface area contributed by atoms with Gasteiger partial charge in [0, 0.05) is 6.07 Å². The molecule has 0 saturated heterocycles. The van der Waals surface area contributed by atoms with E-state index in [2.05, 4.69) is 9.93 Å². The molecule has 7 nitrogen and oxygen atoms in total. The summed E-state index contributed by atoms with van der Waals surface area (Å²) in [7, 11) is -0.905. The lowest BCUT2D eigenvalue weighted by Gasteiger charge is -2.09. The quantitative estimate of drug-likeness (QED) is 0.647. The third-order valence-corrected chi connectivity index (χ3v) is 4.01. The van der Waals surface area contributed by atoms with E-state index >= 15 is 0 Å². The summed E-state index contributed by atoms with van der Waals surface area (Å²) in [6.07, 6.45) is 1.28. The van der Waals surface area contributed by atoms with Crippen molar-refractivity contribution in [1.82, 2.24) is 4.83 Å². The fourth-order valence-corrected chi connectivity index (χ4v) is 2.52. The van der Waals surface area contributed by atoms with Crippen molar-refractivity contribution in [2.24, 2.45) is 5.10 Å². The van der Waals surface area contributed by atoms with Crippen molar-refractivity contribution < 1.29 is 22.3 Å². The molecule has 0 aliphatic heterocycles. The monoisotopic (exact) mass is 324 g/mol. The fraction of sp³-hybridized carbons (Fsp3) is 0.214. The van der Waals surface area contributed by atoms with Gasteiger partial charge in [0.15, 0.2) is 11.5 Å². The molecule has 0 aliphatic carbocycles. The molecule has 2 aromatic rings. The van der Waals surface area contributed by atoms with Gasteiger partial charge in [-0.1, -0.05) is 0 Å². The SMILES string of the molecule is COc1ccc(S(=O)(=O)N/N=C/c2ccc(C)o2)cc1OC. The Morgan fingerprint density at radius 2 is 1.86 bits per heavy atom. The molecule has 0 amide bonds. The first-order valence-corrected chi connectivity index (χ1v) is 7.78. The van der Waals surface area contributed by atoms with E-state index in [0.29, 0.717) is 23.0 Å². The number of hydrazone groups is 1. The molecule has 0 saturated carbocycles. The summed E-state index contributed by atoms with van der Waals surface area (Å²) in [5.41, 5.74) is 0. The molecule has 118 valence electrons. The van der Waals surface area contributed by atoms with Crippen LogP contribution in [0.15, 0.2) is 44.7 Å². The van der Waals surface area contributed by atoms with E-state index < -0.39 is 10.0 Å². The lowest BCUT2D eigenvalue weighted by Crippen LogP contribution is -2.18. The lowest BCUT2D eigenvalue weighted by molar-refractivity contribution is 0.354. The number of nitrogens with zero attached hydrogens (tertiary/aromatic N) is 1. The number of furan rings is 1. The smallest absolute Gasteiger partial charge is 0.276 e. The normalized spacial score (nSPS) is 11.6. The van der Waals surface area contributed by atoms with Gasteiger partial charge in [-0.2, -0.15) is 18.4 Å². The molecule has 0 radical (unpaired) electrons. The van der Waals surface area contributed by atoms with Crippen LogP contribution < -0.4 is 14.3 Å². The molecule has 0 fully saturated rings. The van der Waals surface area contributed by atoms with Gasteiger partial charge >= 0.3 is 0 Å². The van der Waals surface area contributed by atoms with Crippen LogP contribution in [0.4, 0.5) is 0 Å². The van der Waals surface area contributed by atoms with E-state index in [1.807, 2.05) is 0 Å². The van der Waals surface area contributed by atoms with Crippen LogP contribution in [0, 0.1) is 6.92 Å². The number of nitrogens with one attached hydrogen (secondary N) is 1. The minimum Gasteiger partial charge on any atom is -0.493 e. The second-order valence-corrected chi connectivity index (χ2v) is 5.98. The van der Waals surface area contributed by atoms with Gasteiger partial charge in [0.25, 0.3) is 10.0 Å². The zero-order valence-electron chi connectivity index (χ0n) is 12.4. The summed E-state index contributed by atoms with van der Waals surface area (Å²) in [6.45, 7) is 1.78. The molecule has 1 aromatic heterocycles. The predicted molar refractivity (Wildman–Crippen MR) is 80.9 cm³/mol. The van der Waals surface area contributed by atoms with Crippen molar-refractivity contribution in [3.63, 3.8) is 0 Å². The fourth-order valence-electron chi connectivity index (χ4n) is 1.72. The Hall–Kier alpha value is -2.48. The van der Waals surface area contributed by atoms with Gasteiger partial charge in [0.05, 0.1) is 25.3 Å². The molecule has 1 aromatic carbocycles. The van der Waals surface area contributed by atoms with Gasteiger partial charge in [0.1, 0.15) is 11.5 Å². The van der Waals surface area contributed by atoms with Crippen LogP contribution in [0.1, 0.15) is 11.5 Å². The largest absolute Gasteiger partial charge is 0.493 e. The minimum atomic E-state index is -3.81. The average Bonchev–Trinajstić information content (AvgIpc) is 2.91. The highest BCUT2D eigenvalue weighted by Crippen LogP contribution is 2.29. The van der Waals surface area contributed by atoms with Crippen LogP contribution in [-0.2, 0) is 10.0 Å². The third-order valence-electron chi connectivity index (χ3n) is 2.79. The molecule has 0 atom stereocenters. The summed E-state index contributed by atoms with van der Waals surface area (Å²) < 4.78 is 39.7. The van der Waals surface area contributed by atoms with Crippen LogP contribution in [0.2, 0.25) is 0 Å². The van der Waals surface area contributed by atoms with E-state index in [1.54, 1.807) is 19.1 Å². The van der Waals surface area contributed by atoms with E-state index in [4.69, 9.17) is 13.9 Å². The molecular weight excluding hydrogens is 308 g/mol. The van der Waals surface area contributed by atoms with Crippen LogP contribution in [0.5, 0.6) is 11.5 Å². The molecule has 22 heavy (non-hydrogen) atoms. The first-order chi connectivity index (χ1) is 10.5. The molecule has 8 heteroatoms. The van der Waals surface area contributed by atoms with Crippen LogP contribution in [-0.4, -0.2) is 28.9 Å². The maximum atomic E-state index is 12.1. The molecule has 0 aliphatic rings. The van der Waals surface area contributed by atoms with E-state index in [-0.39, 0.29) is 4.90 Å². The predicted octanol–water partition coefficient (Wildman–Crippen LogP) is 1.92. The summed E-state index contributed by atoms with van der Waals surface area (Å²) in [5, 5.41) is 3.67. The Kier molecular flexibility index (Phi) is 4.71. The van der Waals surface area contributed by atoms with E-state index in [9.17, 15) is 8.42 Å². The molecule has 0 spiro atoms. The highest BCUT2D eigenvalue weighted by molar-refractivity contribution is 7.89. The van der Waals surface area contributed by atoms with Gasteiger partial charge < -0.3 is 13.9 Å². The van der Waals surface area contributed by atoms with Gasteiger partial charge in [-0.15, -0.1) is 0 Å². The Balaban J connectivity index is 2.18. The highest BCUT2D eigenvalue weighted by atomic mass is 32.2.